The summed E-state index contributed by atoms with van der Waals surface area (Å²) >= 11 is 0. The van der Waals surface area contributed by atoms with Gasteiger partial charge >= 0.3 is 0 Å². The van der Waals surface area contributed by atoms with E-state index in [0.29, 0.717) is 19.8 Å². The van der Waals surface area contributed by atoms with Gasteiger partial charge in [-0.3, -0.25) is 4.79 Å². The van der Waals surface area contributed by atoms with Gasteiger partial charge in [0.2, 0.25) is 0 Å². The minimum absolute atomic E-state index is 0.234. The molecular formula is C34H35NO5. The molecule has 0 radical (unpaired) electrons. The fourth-order valence-electron chi connectivity index (χ4n) is 4.77. The van der Waals surface area contributed by atoms with E-state index in [4.69, 9.17) is 18.9 Å². The van der Waals surface area contributed by atoms with Crippen LogP contribution in [-0.4, -0.2) is 36.9 Å². The van der Waals surface area contributed by atoms with E-state index in [9.17, 15) is 4.79 Å². The van der Waals surface area contributed by atoms with E-state index in [0.717, 1.165) is 22.3 Å². The maximum Gasteiger partial charge on any atom is 0.252 e. The van der Waals surface area contributed by atoms with Gasteiger partial charge < -0.3 is 24.3 Å². The third kappa shape index (κ3) is 7.87. The highest BCUT2D eigenvalue weighted by Crippen LogP contribution is 2.25. The molecule has 206 valence electrons. The minimum Gasteiger partial charge on any atom is -0.375 e. The van der Waals surface area contributed by atoms with Crippen molar-refractivity contribution in [1.29, 1.82) is 0 Å². The van der Waals surface area contributed by atoms with Crippen molar-refractivity contribution in [3.8, 4) is 0 Å². The first-order chi connectivity index (χ1) is 19.8. The van der Waals surface area contributed by atoms with Crippen molar-refractivity contribution in [3.63, 3.8) is 0 Å². The average molecular weight is 538 g/mol. The highest BCUT2D eigenvalue weighted by molar-refractivity contribution is 5.83. The van der Waals surface area contributed by atoms with Gasteiger partial charge in [0.15, 0.2) is 6.10 Å². The molecule has 0 spiro atoms. The molecule has 1 amide bonds. The lowest BCUT2D eigenvalue weighted by molar-refractivity contribution is -0.191. The second-order valence-electron chi connectivity index (χ2n) is 9.86. The highest BCUT2D eigenvalue weighted by Gasteiger charge is 2.46. The second-order valence-corrected chi connectivity index (χ2v) is 9.86. The highest BCUT2D eigenvalue weighted by atomic mass is 16.6. The zero-order valence-electron chi connectivity index (χ0n) is 22.4. The first-order valence-electron chi connectivity index (χ1n) is 13.6. The van der Waals surface area contributed by atoms with Crippen LogP contribution in [0.1, 0.15) is 22.3 Å². The topological polar surface area (TPSA) is 66.0 Å². The molecule has 1 aliphatic heterocycles. The number of piperidine rings is 1. The van der Waals surface area contributed by atoms with Gasteiger partial charge in [-0.2, -0.15) is 0 Å². The van der Waals surface area contributed by atoms with Gasteiger partial charge in [0.05, 0.1) is 39.1 Å². The standard InChI is InChI=1S/C34H35NO5/c36-34-33(40-24-29-19-11-4-12-20-29)32(39-23-28-17-9-3-10-18-28)31(38-22-27-15-7-2-8-16-27)30(35-34)25-37-21-26-13-5-1-6-14-26/h1-20,30-33H,21-25H2,(H,35,36)/t30?,31-,32?,33?/m0/s1. The molecule has 0 aromatic heterocycles. The fraction of sp³-hybridized carbons (Fsp3) is 0.265. The van der Waals surface area contributed by atoms with E-state index in [1.54, 1.807) is 0 Å². The molecule has 1 fully saturated rings. The minimum atomic E-state index is -0.852. The average Bonchev–Trinajstić information content (AvgIpc) is 3.01. The number of benzene rings is 4. The number of nitrogens with one attached hydrogen (secondary N) is 1. The van der Waals surface area contributed by atoms with Gasteiger partial charge in [0.1, 0.15) is 12.2 Å². The van der Waals surface area contributed by atoms with Crippen LogP contribution in [0.2, 0.25) is 0 Å². The lowest BCUT2D eigenvalue weighted by Crippen LogP contribution is -2.66. The zero-order valence-corrected chi connectivity index (χ0v) is 22.4. The van der Waals surface area contributed by atoms with Crippen LogP contribution in [0.15, 0.2) is 121 Å². The quantitative estimate of drug-likeness (QED) is 0.245. The summed E-state index contributed by atoms with van der Waals surface area (Å²) in [7, 11) is 0. The first kappa shape index (κ1) is 27.7. The van der Waals surface area contributed by atoms with Crippen LogP contribution in [0.3, 0.4) is 0 Å². The monoisotopic (exact) mass is 537 g/mol. The van der Waals surface area contributed by atoms with E-state index in [1.165, 1.54) is 0 Å². The molecule has 5 rings (SSSR count). The number of rotatable bonds is 13. The normalized spacial score (nSPS) is 20.6. The van der Waals surface area contributed by atoms with Crippen molar-refractivity contribution >= 4 is 5.91 Å². The van der Waals surface area contributed by atoms with E-state index in [-0.39, 0.29) is 19.1 Å². The van der Waals surface area contributed by atoms with Crippen molar-refractivity contribution in [2.75, 3.05) is 6.61 Å². The molecule has 1 heterocycles. The van der Waals surface area contributed by atoms with Crippen molar-refractivity contribution < 1.29 is 23.7 Å². The van der Waals surface area contributed by atoms with E-state index >= 15 is 0 Å². The third-order valence-corrected chi connectivity index (χ3v) is 6.86. The molecule has 4 atom stereocenters. The molecule has 4 aromatic carbocycles. The summed E-state index contributed by atoms with van der Waals surface area (Å²) in [5.41, 5.74) is 4.08. The summed E-state index contributed by atoms with van der Waals surface area (Å²) < 4.78 is 25.3. The molecule has 6 heteroatoms. The molecule has 1 N–H and O–H groups in total. The molecular weight excluding hydrogens is 502 g/mol. The summed E-state index contributed by atoms with van der Waals surface area (Å²) in [6, 6.07) is 39.3. The molecule has 1 saturated heterocycles. The second kappa shape index (κ2) is 14.5. The molecule has 0 aliphatic carbocycles. The Balaban J connectivity index is 1.36. The Bertz CT molecular complexity index is 1290. The lowest BCUT2D eigenvalue weighted by atomic mass is 9.94. The Labute approximate surface area is 235 Å². The number of amides is 1. The smallest absolute Gasteiger partial charge is 0.252 e. The lowest BCUT2D eigenvalue weighted by Gasteiger charge is -2.42. The van der Waals surface area contributed by atoms with Crippen LogP contribution < -0.4 is 5.32 Å². The number of hydrogen-bond donors (Lipinski definition) is 1. The Hall–Kier alpha value is -3.81. The molecule has 40 heavy (non-hydrogen) atoms. The van der Waals surface area contributed by atoms with Gasteiger partial charge in [-0.05, 0) is 22.3 Å². The SMILES string of the molecule is O=C1NC(COCc2ccccc2)[C@H](OCc2ccccc2)C(OCc2ccccc2)C1OCc1ccccc1. The Morgan fingerprint density at radius 1 is 0.500 bits per heavy atom. The van der Waals surface area contributed by atoms with Crippen molar-refractivity contribution in [2.45, 2.75) is 50.8 Å². The van der Waals surface area contributed by atoms with E-state index in [2.05, 4.69) is 5.32 Å². The van der Waals surface area contributed by atoms with Gasteiger partial charge in [-0.1, -0.05) is 121 Å². The summed E-state index contributed by atoms with van der Waals surface area (Å²) in [4.78, 5) is 13.5. The van der Waals surface area contributed by atoms with Crippen LogP contribution in [0, 0.1) is 0 Å². The van der Waals surface area contributed by atoms with Crippen molar-refractivity contribution in [2.24, 2.45) is 0 Å². The first-order valence-corrected chi connectivity index (χ1v) is 13.6. The molecule has 0 bridgehead atoms. The van der Waals surface area contributed by atoms with Crippen LogP contribution in [0.4, 0.5) is 0 Å². The van der Waals surface area contributed by atoms with Crippen LogP contribution in [0.5, 0.6) is 0 Å². The number of ether oxygens (including phenoxy) is 4. The largest absolute Gasteiger partial charge is 0.375 e. The van der Waals surface area contributed by atoms with Gasteiger partial charge in [0.25, 0.3) is 5.91 Å². The van der Waals surface area contributed by atoms with E-state index < -0.39 is 24.4 Å². The molecule has 0 saturated carbocycles. The fourth-order valence-corrected chi connectivity index (χ4v) is 4.77. The van der Waals surface area contributed by atoms with Crippen molar-refractivity contribution in [1.82, 2.24) is 5.32 Å². The van der Waals surface area contributed by atoms with Gasteiger partial charge in [0, 0.05) is 0 Å². The zero-order chi connectivity index (χ0) is 27.4. The van der Waals surface area contributed by atoms with Crippen LogP contribution in [-0.2, 0) is 50.2 Å². The maximum atomic E-state index is 13.5. The van der Waals surface area contributed by atoms with Crippen LogP contribution >= 0.6 is 0 Å². The molecule has 1 aliphatic rings. The summed E-state index contributed by atoms with van der Waals surface area (Å²) in [5, 5.41) is 3.11. The number of hydrogen-bond acceptors (Lipinski definition) is 5. The van der Waals surface area contributed by atoms with E-state index in [1.807, 2.05) is 121 Å². The van der Waals surface area contributed by atoms with Gasteiger partial charge in [-0.15, -0.1) is 0 Å². The number of carbonyl (C=O) groups excluding carboxylic acids is 1. The summed E-state index contributed by atoms with van der Waals surface area (Å²) in [5.74, 6) is -0.234. The Morgan fingerprint density at radius 2 is 0.900 bits per heavy atom. The Kier molecular flexibility index (Phi) is 10.1. The predicted molar refractivity (Wildman–Crippen MR) is 153 cm³/mol. The summed E-state index contributed by atoms with van der Waals surface area (Å²) in [6.07, 6.45) is -2.00. The molecule has 3 unspecified atom stereocenters. The van der Waals surface area contributed by atoms with Crippen molar-refractivity contribution in [3.05, 3.63) is 144 Å². The third-order valence-electron chi connectivity index (χ3n) is 6.86. The molecule has 4 aromatic rings. The molecule has 6 nitrogen and oxygen atoms in total. The van der Waals surface area contributed by atoms with Crippen LogP contribution in [0.25, 0.3) is 0 Å². The number of carbonyl (C=O) groups is 1. The maximum absolute atomic E-state index is 13.5. The van der Waals surface area contributed by atoms with Gasteiger partial charge in [-0.25, -0.2) is 0 Å². The summed E-state index contributed by atoms with van der Waals surface area (Å²) in [6.45, 7) is 1.68. The Morgan fingerprint density at radius 3 is 1.38 bits per heavy atom. The predicted octanol–water partition coefficient (Wildman–Crippen LogP) is 5.46.